The molecule has 0 bridgehead atoms. The van der Waals surface area contributed by atoms with Gasteiger partial charge in [-0.15, -0.1) is 0 Å². The number of allylic oxidation sites excluding steroid dienone is 3. The Kier molecular flexibility index (Phi) is 11.5. The second-order valence-corrected chi connectivity index (χ2v) is 22.6. The largest absolute Gasteiger partial charge is 0.454 e. The van der Waals surface area contributed by atoms with Gasteiger partial charge in [0, 0.05) is 43.7 Å². The van der Waals surface area contributed by atoms with E-state index in [1.165, 1.54) is 128 Å². The van der Waals surface area contributed by atoms with E-state index in [9.17, 15) is 0 Å². The Bertz CT molecular complexity index is 4050. The highest BCUT2D eigenvalue weighted by Gasteiger charge is 2.31. The first-order chi connectivity index (χ1) is 36.1. The maximum Gasteiger partial charge on any atom is 0.159 e. The second-order valence-electron chi connectivity index (χ2n) is 22.6. The van der Waals surface area contributed by atoms with Crippen molar-refractivity contribution in [1.82, 2.24) is 0 Å². The van der Waals surface area contributed by atoms with Gasteiger partial charge in [0.05, 0.1) is 22.7 Å². The molecule has 2 saturated carbocycles. The van der Waals surface area contributed by atoms with Crippen LogP contribution in [0.1, 0.15) is 151 Å². The zero-order chi connectivity index (χ0) is 50.5. The van der Waals surface area contributed by atoms with Crippen molar-refractivity contribution in [1.29, 1.82) is 0 Å². The molecule has 2 aliphatic carbocycles. The lowest BCUT2D eigenvalue weighted by Crippen LogP contribution is -2.18. The van der Waals surface area contributed by atoms with E-state index in [0.717, 1.165) is 67.2 Å². The van der Waals surface area contributed by atoms with Crippen LogP contribution in [-0.4, -0.2) is 0 Å². The lowest BCUT2D eigenvalue weighted by atomic mass is 9.84. The van der Waals surface area contributed by atoms with Gasteiger partial charge in [-0.25, -0.2) is 0 Å². The Morgan fingerprint density at radius 1 is 0.473 bits per heavy atom. The van der Waals surface area contributed by atoms with Crippen molar-refractivity contribution in [2.24, 2.45) is 0 Å². The normalized spacial score (nSPS) is 14.9. The zero-order valence-electron chi connectivity index (χ0n) is 44.5. The van der Waals surface area contributed by atoms with Crippen LogP contribution in [0.2, 0.25) is 0 Å². The number of fused-ring (bicyclic) bond motifs is 6. The van der Waals surface area contributed by atoms with Crippen LogP contribution < -0.4 is 9.80 Å². The van der Waals surface area contributed by atoms with Gasteiger partial charge in [0.15, 0.2) is 11.2 Å². The van der Waals surface area contributed by atoms with Gasteiger partial charge in [0.25, 0.3) is 0 Å². The monoisotopic (exact) mass is 969 g/mol. The number of hydrogen-bond acceptors (Lipinski definition) is 4. The predicted molar refractivity (Wildman–Crippen MR) is 316 cm³/mol. The number of nitrogens with zero attached hydrogens (tertiary/aromatic N) is 2. The minimum atomic E-state index is 0.250. The maximum absolute atomic E-state index is 7.30. The molecule has 11 aromatic rings. The zero-order valence-corrected chi connectivity index (χ0v) is 44.5. The molecule has 2 heterocycles. The summed E-state index contributed by atoms with van der Waals surface area (Å²) >= 11 is 0. The molecule has 2 fully saturated rings. The van der Waals surface area contributed by atoms with Crippen LogP contribution in [0.3, 0.4) is 0 Å². The first-order valence-corrected chi connectivity index (χ1v) is 27.7. The highest BCUT2D eigenvalue weighted by Crippen LogP contribution is 2.54. The van der Waals surface area contributed by atoms with Gasteiger partial charge < -0.3 is 18.6 Å². The molecule has 0 atom stereocenters. The molecule has 2 aromatic heterocycles. The average molecular weight is 969 g/mol. The molecule has 0 aliphatic heterocycles. The topological polar surface area (TPSA) is 32.8 Å². The molecular formula is C70H68N2O2. The molecule has 9 aromatic carbocycles. The molecule has 0 spiro atoms. The molecule has 0 unspecified atom stereocenters. The molecule has 74 heavy (non-hydrogen) atoms. The number of benzene rings is 9. The van der Waals surface area contributed by atoms with Crippen molar-refractivity contribution in [3.8, 4) is 0 Å². The lowest BCUT2D eigenvalue weighted by Gasteiger charge is -2.32. The van der Waals surface area contributed by atoms with Crippen LogP contribution in [0.4, 0.5) is 28.4 Å². The van der Waals surface area contributed by atoms with E-state index in [1.54, 1.807) is 0 Å². The van der Waals surface area contributed by atoms with Crippen LogP contribution in [0.15, 0.2) is 166 Å². The summed E-state index contributed by atoms with van der Waals surface area (Å²) < 4.78 is 14.6. The van der Waals surface area contributed by atoms with Crippen LogP contribution in [0.5, 0.6) is 0 Å². The Hall–Kier alpha value is -7.30. The molecule has 0 radical (unpaired) electrons. The van der Waals surface area contributed by atoms with E-state index in [0.29, 0.717) is 11.8 Å². The third kappa shape index (κ3) is 7.22. The molecule has 4 nitrogen and oxygen atoms in total. The van der Waals surface area contributed by atoms with Crippen molar-refractivity contribution < 1.29 is 8.83 Å². The first-order valence-electron chi connectivity index (χ1n) is 27.7. The quantitative estimate of drug-likeness (QED) is 0.0955. The molecule has 0 saturated heterocycles. The van der Waals surface area contributed by atoms with Crippen molar-refractivity contribution in [2.75, 3.05) is 9.80 Å². The minimum absolute atomic E-state index is 0.250. The summed E-state index contributed by atoms with van der Waals surface area (Å²) in [5, 5.41) is 12.4. The highest BCUT2D eigenvalue weighted by atomic mass is 16.3. The Labute approximate surface area is 436 Å². The van der Waals surface area contributed by atoms with Gasteiger partial charge in [0.1, 0.15) is 11.2 Å². The molecule has 4 heteroatoms. The highest BCUT2D eigenvalue weighted by molar-refractivity contribution is 6.30. The van der Waals surface area contributed by atoms with Gasteiger partial charge in [0.2, 0.25) is 0 Å². The van der Waals surface area contributed by atoms with Crippen molar-refractivity contribution in [3.05, 3.63) is 185 Å². The summed E-state index contributed by atoms with van der Waals surface area (Å²) in [6.07, 6.45) is 14.5. The molecule has 370 valence electrons. The van der Waals surface area contributed by atoms with Crippen molar-refractivity contribution >= 4 is 105 Å². The standard InChI is InChI=1S/C70H68N2O2/c1-9-20-59(43(6)7)71(61-33-18-30-53-51-28-16-26-47(45-22-11-12-23-45)67(51)73-69(53)61)63-39-57(41(2)3)49-36-38-56-64(40-58(42(4)5)50-35-37-55(63)65(49)66(50)56)72(60-32-15-10-21-44(60)8)62-34-19-31-54-52-29-17-27-48(46-24-13-14-25-46)68(52)74-70(54)62/h9-10,15-21,26-42,45-46H,11-14,22-25H2,1-8H3/b20-9-. The number of rotatable bonds is 11. The number of furan rings is 2. The van der Waals surface area contributed by atoms with Gasteiger partial charge in [-0.1, -0.05) is 168 Å². The fourth-order valence-electron chi connectivity index (χ4n) is 13.7. The van der Waals surface area contributed by atoms with E-state index in [4.69, 9.17) is 8.83 Å². The summed E-state index contributed by atoms with van der Waals surface area (Å²) in [6, 6.07) is 50.8. The summed E-state index contributed by atoms with van der Waals surface area (Å²) in [7, 11) is 0. The van der Waals surface area contributed by atoms with Gasteiger partial charge in [-0.05, 0) is 163 Å². The minimum Gasteiger partial charge on any atom is -0.454 e. The van der Waals surface area contributed by atoms with Crippen molar-refractivity contribution in [3.63, 3.8) is 0 Å². The Balaban J connectivity index is 1.12. The summed E-state index contributed by atoms with van der Waals surface area (Å²) in [5.41, 5.74) is 18.5. The third-order valence-electron chi connectivity index (χ3n) is 17.2. The number of anilines is 5. The second kappa shape index (κ2) is 18.3. The smallest absolute Gasteiger partial charge is 0.159 e. The fraction of sp³-hybridized carbons (Fsp3) is 0.286. The number of aryl methyl sites for hydroxylation is 1. The number of hydrogen-bond donors (Lipinski definition) is 0. The van der Waals surface area contributed by atoms with Crippen LogP contribution in [0, 0.1) is 6.92 Å². The third-order valence-corrected chi connectivity index (χ3v) is 17.2. The van der Waals surface area contributed by atoms with Gasteiger partial charge in [-0.3, -0.25) is 0 Å². The Morgan fingerprint density at radius 2 is 0.919 bits per heavy atom. The van der Waals surface area contributed by atoms with Gasteiger partial charge in [-0.2, -0.15) is 0 Å². The molecule has 13 rings (SSSR count). The van der Waals surface area contributed by atoms with E-state index in [1.807, 2.05) is 0 Å². The van der Waals surface area contributed by atoms with E-state index >= 15 is 0 Å². The fourth-order valence-corrected chi connectivity index (χ4v) is 13.7. The van der Waals surface area contributed by atoms with E-state index in [2.05, 4.69) is 211 Å². The SMILES string of the molecule is C/C=C\C(=C(C)C)N(c1cc(C(C)C)c2ccc3c(N(c4ccccc4C)c4cccc5c4oc4c(C6CCCC6)cccc45)cc(C(C)C)c4ccc1c2c43)c1cccc2c1oc1c(C3CCCC3)cccc12. The van der Waals surface area contributed by atoms with E-state index in [-0.39, 0.29) is 11.8 Å². The van der Waals surface area contributed by atoms with Crippen molar-refractivity contribution in [2.45, 2.75) is 130 Å². The van der Waals surface area contributed by atoms with Gasteiger partial charge >= 0.3 is 0 Å². The lowest BCUT2D eigenvalue weighted by molar-refractivity contribution is 0.643. The van der Waals surface area contributed by atoms with Crippen LogP contribution in [-0.2, 0) is 0 Å². The maximum atomic E-state index is 7.30. The van der Waals surface area contributed by atoms with Crippen LogP contribution >= 0.6 is 0 Å². The summed E-state index contributed by atoms with van der Waals surface area (Å²) in [5.74, 6) is 1.56. The molecule has 0 amide bonds. The average Bonchev–Trinajstić information content (AvgIpc) is 4.27. The number of para-hydroxylation sites is 5. The summed E-state index contributed by atoms with van der Waals surface area (Å²) in [4.78, 5) is 5.05. The predicted octanol–water partition coefficient (Wildman–Crippen LogP) is 21.7. The van der Waals surface area contributed by atoms with E-state index < -0.39 is 0 Å². The molecular weight excluding hydrogens is 901 g/mol. The van der Waals surface area contributed by atoms with Crippen LogP contribution in [0.25, 0.3) is 76.2 Å². The first kappa shape index (κ1) is 46.5. The molecule has 2 aliphatic rings. The summed E-state index contributed by atoms with van der Waals surface area (Å²) in [6.45, 7) is 18.3. The molecule has 0 N–H and O–H groups in total. The Morgan fingerprint density at radius 3 is 1.43 bits per heavy atom.